The summed E-state index contributed by atoms with van der Waals surface area (Å²) in [6.45, 7) is 1.66. The predicted molar refractivity (Wildman–Crippen MR) is 63.7 cm³/mol. The van der Waals surface area contributed by atoms with Gasteiger partial charge in [0.1, 0.15) is 6.26 Å². The number of anilines is 1. The first-order chi connectivity index (χ1) is 8.18. The molecule has 0 radical (unpaired) electrons. The molecule has 1 atom stereocenters. The van der Waals surface area contributed by atoms with Crippen LogP contribution in [0.5, 0.6) is 0 Å². The van der Waals surface area contributed by atoms with Crippen LogP contribution in [-0.2, 0) is 0 Å². The molecule has 0 spiro atoms. The highest BCUT2D eigenvalue weighted by molar-refractivity contribution is 6.04. The summed E-state index contributed by atoms with van der Waals surface area (Å²) in [6, 6.07) is 8.72. The Balaban J connectivity index is 2.22. The van der Waals surface area contributed by atoms with Crippen molar-refractivity contribution >= 4 is 11.6 Å². The third-order valence-corrected chi connectivity index (χ3v) is 2.44. The van der Waals surface area contributed by atoms with Gasteiger partial charge in [-0.1, -0.05) is 18.2 Å². The number of para-hydroxylation sites is 1. The first-order valence-corrected chi connectivity index (χ1v) is 5.29. The molecule has 0 saturated carbocycles. The zero-order chi connectivity index (χ0) is 12.3. The third kappa shape index (κ3) is 2.54. The lowest BCUT2D eigenvalue weighted by Gasteiger charge is -2.12. The van der Waals surface area contributed by atoms with Crippen molar-refractivity contribution in [2.24, 2.45) is 0 Å². The molecule has 1 amide bonds. The first-order valence-electron chi connectivity index (χ1n) is 5.29. The number of benzene rings is 1. The van der Waals surface area contributed by atoms with E-state index in [9.17, 15) is 9.90 Å². The molecule has 0 saturated heterocycles. The van der Waals surface area contributed by atoms with Crippen molar-refractivity contribution < 1.29 is 14.3 Å². The van der Waals surface area contributed by atoms with Gasteiger partial charge in [0.05, 0.1) is 17.9 Å². The summed E-state index contributed by atoms with van der Waals surface area (Å²) in [6.07, 6.45) is 2.19. The average molecular weight is 231 g/mol. The minimum absolute atomic E-state index is 0.258. The zero-order valence-electron chi connectivity index (χ0n) is 9.38. The van der Waals surface area contributed by atoms with E-state index in [0.717, 1.165) is 0 Å². The van der Waals surface area contributed by atoms with Crippen molar-refractivity contribution in [2.45, 2.75) is 13.0 Å². The Morgan fingerprint density at radius 1 is 1.35 bits per heavy atom. The molecular formula is C13H13NO3. The van der Waals surface area contributed by atoms with Crippen molar-refractivity contribution in [3.8, 4) is 0 Å². The average Bonchev–Trinajstić information content (AvgIpc) is 2.83. The fourth-order valence-corrected chi connectivity index (χ4v) is 1.56. The number of carbonyl (C=O) groups excluding carboxylic acids is 1. The van der Waals surface area contributed by atoms with Gasteiger partial charge in [0.15, 0.2) is 0 Å². The van der Waals surface area contributed by atoms with E-state index in [1.54, 1.807) is 31.2 Å². The van der Waals surface area contributed by atoms with Gasteiger partial charge in [-0.25, -0.2) is 0 Å². The lowest BCUT2D eigenvalue weighted by molar-refractivity contribution is 0.102. The quantitative estimate of drug-likeness (QED) is 0.853. The highest BCUT2D eigenvalue weighted by atomic mass is 16.3. The second-order valence-electron chi connectivity index (χ2n) is 3.73. The van der Waals surface area contributed by atoms with Crippen molar-refractivity contribution in [2.75, 3.05) is 5.32 Å². The summed E-state index contributed by atoms with van der Waals surface area (Å²) in [7, 11) is 0. The number of hydrogen-bond acceptors (Lipinski definition) is 3. The van der Waals surface area contributed by atoms with E-state index in [1.807, 2.05) is 6.07 Å². The molecule has 0 aliphatic heterocycles. The van der Waals surface area contributed by atoms with Crippen LogP contribution in [0.4, 0.5) is 5.69 Å². The number of hydrogen-bond donors (Lipinski definition) is 2. The second-order valence-corrected chi connectivity index (χ2v) is 3.73. The lowest BCUT2D eigenvalue weighted by Crippen LogP contribution is -2.13. The maximum Gasteiger partial charge on any atom is 0.258 e. The van der Waals surface area contributed by atoms with Crippen LogP contribution in [0, 0.1) is 0 Å². The van der Waals surface area contributed by atoms with Crippen molar-refractivity contribution in [1.82, 2.24) is 0 Å². The number of furan rings is 1. The van der Waals surface area contributed by atoms with Gasteiger partial charge in [0.2, 0.25) is 0 Å². The third-order valence-electron chi connectivity index (χ3n) is 2.44. The minimum Gasteiger partial charge on any atom is -0.472 e. The van der Waals surface area contributed by atoms with E-state index in [0.29, 0.717) is 16.8 Å². The molecule has 2 aromatic rings. The van der Waals surface area contributed by atoms with Crippen molar-refractivity contribution in [3.05, 3.63) is 54.0 Å². The second kappa shape index (κ2) is 4.84. The molecule has 1 unspecified atom stereocenters. The lowest BCUT2D eigenvalue weighted by atomic mass is 10.1. The fourth-order valence-electron chi connectivity index (χ4n) is 1.56. The molecule has 1 aromatic carbocycles. The Morgan fingerprint density at radius 2 is 2.12 bits per heavy atom. The number of amides is 1. The van der Waals surface area contributed by atoms with E-state index >= 15 is 0 Å². The largest absolute Gasteiger partial charge is 0.472 e. The SMILES string of the molecule is CC(O)c1ccccc1NC(=O)c1ccoc1. The summed E-state index contributed by atoms with van der Waals surface area (Å²) in [5.41, 5.74) is 1.74. The summed E-state index contributed by atoms with van der Waals surface area (Å²) in [4.78, 5) is 11.8. The van der Waals surface area contributed by atoms with E-state index in [4.69, 9.17) is 4.42 Å². The molecule has 0 aliphatic rings. The monoisotopic (exact) mass is 231 g/mol. The smallest absolute Gasteiger partial charge is 0.258 e. The summed E-state index contributed by atoms with van der Waals surface area (Å²) >= 11 is 0. The van der Waals surface area contributed by atoms with Crippen LogP contribution in [0.2, 0.25) is 0 Å². The standard InChI is InChI=1S/C13H13NO3/c1-9(15)11-4-2-3-5-12(11)14-13(16)10-6-7-17-8-10/h2-9,15H,1H3,(H,14,16). The van der Waals surface area contributed by atoms with E-state index < -0.39 is 6.10 Å². The van der Waals surface area contributed by atoms with Crippen molar-refractivity contribution in [1.29, 1.82) is 0 Å². The minimum atomic E-state index is -0.629. The normalized spacial score (nSPS) is 12.1. The maximum atomic E-state index is 11.8. The highest BCUT2D eigenvalue weighted by Gasteiger charge is 2.11. The van der Waals surface area contributed by atoms with Crippen LogP contribution in [0.3, 0.4) is 0 Å². The number of rotatable bonds is 3. The highest BCUT2D eigenvalue weighted by Crippen LogP contribution is 2.22. The molecule has 2 rings (SSSR count). The molecule has 1 heterocycles. The van der Waals surface area contributed by atoms with Gasteiger partial charge in [-0.05, 0) is 19.1 Å². The summed E-state index contributed by atoms with van der Waals surface area (Å²) < 4.78 is 4.84. The topological polar surface area (TPSA) is 62.5 Å². The molecule has 0 fully saturated rings. The van der Waals surface area contributed by atoms with Crippen LogP contribution in [0.1, 0.15) is 28.9 Å². The maximum absolute atomic E-state index is 11.8. The van der Waals surface area contributed by atoms with Gasteiger partial charge in [-0.2, -0.15) is 0 Å². The number of nitrogens with one attached hydrogen (secondary N) is 1. The van der Waals surface area contributed by atoms with Crippen LogP contribution in [0.15, 0.2) is 47.3 Å². The van der Waals surface area contributed by atoms with Crippen LogP contribution >= 0.6 is 0 Å². The van der Waals surface area contributed by atoms with Gasteiger partial charge < -0.3 is 14.8 Å². The molecule has 17 heavy (non-hydrogen) atoms. The van der Waals surface area contributed by atoms with Gasteiger partial charge in [-0.3, -0.25) is 4.79 Å². The Labute approximate surface area is 98.9 Å². The molecule has 1 aromatic heterocycles. The number of carbonyl (C=O) groups is 1. The van der Waals surface area contributed by atoms with Crippen LogP contribution < -0.4 is 5.32 Å². The van der Waals surface area contributed by atoms with E-state index in [-0.39, 0.29) is 5.91 Å². The predicted octanol–water partition coefficient (Wildman–Crippen LogP) is 2.59. The Kier molecular flexibility index (Phi) is 3.25. The summed E-state index contributed by atoms with van der Waals surface area (Å²) in [5, 5.41) is 12.3. The number of aliphatic hydroxyl groups excluding tert-OH is 1. The van der Waals surface area contributed by atoms with Crippen LogP contribution in [-0.4, -0.2) is 11.0 Å². The Morgan fingerprint density at radius 3 is 2.76 bits per heavy atom. The molecule has 0 aliphatic carbocycles. The van der Waals surface area contributed by atoms with Crippen LogP contribution in [0.25, 0.3) is 0 Å². The zero-order valence-corrected chi connectivity index (χ0v) is 9.38. The van der Waals surface area contributed by atoms with E-state index in [2.05, 4.69) is 5.32 Å². The molecule has 0 bridgehead atoms. The molecule has 4 heteroatoms. The van der Waals surface area contributed by atoms with Gasteiger partial charge in [0, 0.05) is 11.3 Å². The number of aliphatic hydroxyl groups is 1. The first kappa shape index (κ1) is 11.4. The van der Waals surface area contributed by atoms with Gasteiger partial charge in [-0.15, -0.1) is 0 Å². The molecular weight excluding hydrogens is 218 g/mol. The fraction of sp³-hybridized carbons (Fsp3) is 0.154. The van der Waals surface area contributed by atoms with Gasteiger partial charge in [0.25, 0.3) is 5.91 Å². The Bertz CT molecular complexity index is 503. The van der Waals surface area contributed by atoms with Crippen molar-refractivity contribution in [3.63, 3.8) is 0 Å². The summed E-state index contributed by atoms with van der Waals surface area (Å²) in [5.74, 6) is -0.258. The molecule has 4 nitrogen and oxygen atoms in total. The molecule has 2 N–H and O–H groups in total. The Hall–Kier alpha value is -2.07. The van der Waals surface area contributed by atoms with Gasteiger partial charge >= 0.3 is 0 Å². The molecule has 88 valence electrons. The van der Waals surface area contributed by atoms with E-state index in [1.165, 1.54) is 12.5 Å².